The van der Waals surface area contributed by atoms with E-state index >= 15 is 0 Å². The van der Waals surface area contributed by atoms with E-state index in [4.69, 9.17) is 10.9 Å². The largest absolute Gasteiger partial charge is 0.411 e. The van der Waals surface area contributed by atoms with E-state index in [2.05, 4.69) is 50.2 Å². The van der Waals surface area contributed by atoms with Crippen LogP contribution in [-0.2, 0) is 0 Å². The molecule has 0 aromatic rings. The van der Waals surface area contributed by atoms with Crippen molar-refractivity contribution in [3.8, 4) is 0 Å². The number of nitrogens with two attached hydrogens (primary N) is 1. The standard InChI is InChI=1S/C19H36N2O/c1-4-5-6-11-14-18(20)15-12-9-7-8-10-13-16-19(2,3)17-21-22/h9-10,12-13,17-18,22H,4-8,11,14-16,20H2,1-3H3. The van der Waals surface area contributed by atoms with Crippen molar-refractivity contribution in [2.24, 2.45) is 16.3 Å². The van der Waals surface area contributed by atoms with Gasteiger partial charge in [0.15, 0.2) is 0 Å². The van der Waals surface area contributed by atoms with Crippen LogP contribution in [0, 0.1) is 5.41 Å². The molecule has 0 saturated heterocycles. The third-order valence-corrected chi connectivity index (χ3v) is 3.75. The fraction of sp³-hybridized carbons (Fsp3) is 0.737. The summed E-state index contributed by atoms with van der Waals surface area (Å²) < 4.78 is 0. The Hall–Kier alpha value is -1.09. The van der Waals surface area contributed by atoms with E-state index in [1.807, 2.05) is 0 Å². The minimum Gasteiger partial charge on any atom is -0.411 e. The van der Waals surface area contributed by atoms with Gasteiger partial charge in [0.2, 0.25) is 0 Å². The van der Waals surface area contributed by atoms with Gasteiger partial charge in [-0.1, -0.05) is 70.8 Å². The Morgan fingerprint density at radius 3 is 2.36 bits per heavy atom. The first kappa shape index (κ1) is 20.9. The third-order valence-electron chi connectivity index (χ3n) is 3.75. The fourth-order valence-electron chi connectivity index (χ4n) is 2.25. The second kappa shape index (κ2) is 13.6. The van der Waals surface area contributed by atoms with E-state index in [-0.39, 0.29) is 5.41 Å². The van der Waals surface area contributed by atoms with Crippen LogP contribution in [0.15, 0.2) is 29.5 Å². The minimum atomic E-state index is -0.0777. The summed E-state index contributed by atoms with van der Waals surface area (Å²) in [7, 11) is 0. The molecule has 1 unspecified atom stereocenters. The number of allylic oxidation sites excluding steroid dienone is 3. The van der Waals surface area contributed by atoms with Crippen LogP contribution >= 0.6 is 0 Å². The summed E-state index contributed by atoms with van der Waals surface area (Å²) in [5, 5.41) is 11.7. The van der Waals surface area contributed by atoms with E-state index in [1.165, 1.54) is 25.7 Å². The predicted molar refractivity (Wildman–Crippen MR) is 97.5 cm³/mol. The van der Waals surface area contributed by atoms with Gasteiger partial charge in [0.05, 0.1) is 0 Å². The first-order chi connectivity index (χ1) is 10.5. The van der Waals surface area contributed by atoms with Crippen LogP contribution in [0.3, 0.4) is 0 Å². The molecule has 1 atom stereocenters. The van der Waals surface area contributed by atoms with Crippen LogP contribution in [0.1, 0.15) is 78.6 Å². The zero-order valence-corrected chi connectivity index (χ0v) is 14.8. The molecule has 0 aromatic carbocycles. The molecule has 22 heavy (non-hydrogen) atoms. The molecule has 0 spiro atoms. The normalized spacial score (nSPS) is 14.5. The summed E-state index contributed by atoms with van der Waals surface area (Å²) in [6.07, 6.45) is 20.7. The number of rotatable bonds is 13. The van der Waals surface area contributed by atoms with Crippen LogP contribution < -0.4 is 5.73 Å². The number of hydrogen-bond donors (Lipinski definition) is 2. The molecule has 0 fully saturated rings. The molecule has 0 amide bonds. The Balaban J connectivity index is 3.62. The van der Waals surface area contributed by atoms with Crippen molar-refractivity contribution in [1.82, 2.24) is 0 Å². The number of oxime groups is 1. The highest BCUT2D eigenvalue weighted by molar-refractivity contribution is 5.64. The smallest absolute Gasteiger partial charge is 0.0495 e. The summed E-state index contributed by atoms with van der Waals surface area (Å²) in [6, 6.07) is 0.321. The predicted octanol–water partition coefficient (Wildman–Crippen LogP) is 5.44. The zero-order valence-electron chi connectivity index (χ0n) is 14.8. The maximum Gasteiger partial charge on any atom is 0.0495 e. The number of nitrogens with zero attached hydrogens (tertiary/aromatic N) is 1. The SMILES string of the molecule is CCCCCCC(N)CC=CCCC=CCC(C)(C)C=NO. The molecule has 0 rings (SSSR count). The van der Waals surface area contributed by atoms with Gasteiger partial charge in [-0.05, 0) is 32.1 Å². The van der Waals surface area contributed by atoms with Crippen molar-refractivity contribution < 1.29 is 5.21 Å². The van der Waals surface area contributed by atoms with Crippen molar-refractivity contribution in [3.63, 3.8) is 0 Å². The second-order valence-electron chi connectivity index (χ2n) is 6.80. The molecule has 3 heteroatoms. The van der Waals surface area contributed by atoms with Crippen LogP contribution in [0.5, 0.6) is 0 Å². The van der Waals surface area contributed by atoms with Crippen molar-refractivity contribution in [2.45, 2.75) is 84.6 Å². The van der Waals surface area contributed by atoms with E-state index in [9.17, 15) is 0 Å². The molecule has 0 aromatic heterocycles. The highest BCUT2D eigenvalue weighted by Gasteiger charge is 2.12. The van der Waals surface area contributed by atoms with Crippen molar-refractivity contribution in [3.05, 3.63) is 24.3 Å². The second-order valence-corrected chi connectivity index (χ2v) is 6.80. The lowest BCUT2D eigenvalue weighted by molar-refractivity contribution is 0.313. The summed E-state index contributed by atoms with van der Waals surface area (Å²) >= 11 is 0. The molecule has 0 saturated carbocycles. The molecular formula is C19H36N2O. The molecular weight excluding hydrogens is 272 g/mol. The molecule has 0 aliphatic rings. The first-order valence-electron chi connectivity index (χ1n) is 8.76. The van der Waals surface area contributed by atoms with Gasteiger partial charge in [-0.15, -0.1) is 5.16 Å². The van der Waals surface area contributed by atoms with Crippen LogP contribution in [0.2, 0.25) is 0 Å². The third kappa shape index (κ3) is 13.9. The molecule has 0 bridgehead atoms. The maximum absolute atomic E-state index is 8.55. The molecule has 0 aliphatic carbocycles. The van der Waals surface area contributed by atoms with Crippen LogP contribution in [0.4, 0.5) is 0 Å². The maximum atomic E-state index is 8.55. The quantitative estimate of drug-likeness (QED) is 0.156. The van der Waals surface area contributed by atoms with E-state index < -0.39 is 0 Å². The van der Waals surface area contributed by atoms with Crippen LogP contribution in [-0.4, -0.2) is 17.5 Å². The van der Waals surface area contributed by atoms with E-state index in [1.54, 1.807) is 6.21 Å². The Bertz CT molecular complexity index is 332. The average molecular weight is 309 g/mol. The van der Waals surface area contributed by atoms with Gasteiger partial charge >= 0.3 is 0 Å². The first-order valence-corrected chi connectivity index (χ1v) is 8.76. The van der Waals surface area contributed by atoms with Crippen molar-refractivity contribution in [2.75, 3.05) is 0 Å². The summed E-state index contributed by atoms with van der Waals surface area (Å²) in [6.45, 7) is 6.34. The van der Waals surface area contributed by atoms with E-state index in [0.29, 0.717) is 6.04 Å². The molecule has 3 nitrogen and oxygen atoms in total. The molecule has 0 heterocycles. The Labute approximate surface area is 137 Å². The highest BCUT2D eigenvalue weighted by atomic mass is 16.4. The average Bonchev–Trinajstić information content (AvgIpc) is 2.46. The van der Waals surface area contributed by atoms with Crippen molar-refractivity contribution >= 4 is 6.21 Å². The molecule has 3 N–H and O–H groups in total. The summed E-state index contributed by atoms with van der Waals surface area (Å²) in [5.74, 6) is 0. The molecule has 0 radical (unpaired) electrons. The molecule has 0 aliphatic heterocycles. The topological polar surface area (TPSA) is 58.6 Å². The van der Waals surface area contributed by atoms with Gasteiger partial charge < -0.3 is 10.9 Å². The van der Waals surface area contributed by atoms with Gasteiger partial charge in [-0.3, -0.25) is 0 Å². The van der Waals surface area contributed by atoms with E-state index in [0.717, 1.165) is 32.1 Å². The Morgan fingerprint density at radius 2 is 1.73 bits per heavy atom. The zero-order chi connectivity index (χ0) is 16.7. The highest BCUT2D eigenvalue weighted by Crippen LogP contribution is 2.18. The Morgan fingerprint density at radius 1 is 1.05 bits per heavy atom. The lowest BCUT2D eigenvalue weighted by Gasteiger charge is -2.14. The fourth-order valence-corrected chi connectivity index (χ4v) is 2.25. The summed E-state index contributed by atoms with van der Waals surface area (Å²) in [5.41, 5.74) is 6.02. The van der Waals surface area contributed by atoms with Gasteiger partial charge in [-0.2, -0.15) is 0 Å². The lowest BCUT2D eigenvalue weighted by Crippen LogP contribution is -2.18. The van der Waals surface area contributed by atoms with Gasteiger partial charge in [0.1, 0.15) is 0 Å². The van der Waals surface area contributed by atoms with Gasteiger partial charge in [0, 0.05) is 17.7 Å². The van der Waals surface area contributed by atoms with Crippen LogP contribution in [0.25, 0.3) is 0 Å². The monoisotopic (exact) mass is 308 g/mol. The van der Waals surface area contributed by atoms with Gasteiger partial charge in [0.25, 0.3) is 0 Å². The Kier molecular flexibility index (Phi) is 12.9. The minimum absolute atomic E-state index is 0.0777. The molecule has 128 valence electrons. The number of unbranched alkanes of at least 4 members (excludes halogenated alkanes) is 4. The van der Waals surface area contributed by atoms with Gasteiger partial charge in [-0.25, -0.2) is 0 Å². The lowest BCUT2D eigenvalue weighted by atomic mass is 9.91. The summed E-state index contributed by atoms with van der Waals surface area (Å²) in [4.78, 5) is 0. The number of hydrogen-bond acceptors (Lipinski definition) is 3. The van der Waals surface area contributed by atoms with Crippen molar-refractivity contribution in [1.29, 1.82) is 0 Å².